The number of hydrogen-bond acceptors (Lipinski definition) is 24. The van der Waals surface area contributed by atoms with Gasteiger partial charge in [0.1, 0.15) is 54.2 Å². The van der Waals surface area contributed by atoms with Gasteiger partial charge in [0.2, 0.25) is 11.7 Å². The maximum Gasteiger partial charge on any atom is 0.327 e. The summed E-state index contributed by atoms with van der Waals surface area (Å²) in [5.74, 6) is 7.15. The van der Waals surface area contributed by atoms with E-state index in [-0.39, 0.29) is 38.4 Å². The van der Waals surface area contributed by atoms with Crippen LogP contribution in [0.1, 0.15) is 68.9 Å². The number of ether oxygens (including phenoxy) is 9. The van der Waals surface area contributed by atoms with E-state index in [0.717, 1.165) is 82.6 Å². The molecule has 1 unspecified atom stereocenters. The van der Waals surface area contributed by atoms with Gasteiger partial charge in [-0.1, -0.05) is 18.2 Å². The van der Waals surface area contributed by atoms with E-state index in [1.54, 1.807) is 148 Å². The number of imide groups is 1. The van der Waals surface area contributed by atoms with Gasteiger partial charge in [0, 0.05) is 94.8 Å². The van der Waals surface area contributed by atoms with Crippen molar-refractivity contribution >= 4 is 100 Å². The zero-order chi connectivity index (χ0) is 89.3. The van der Waals surface area contributed by atoms with Gasteiger partial charge in [-0.2, -0.15) is 0 Å². The summed E-state index contributed by atoms with van der Waals surface area (Å²) in [4.78, 5) is 107. The largest absolute Gasteiger partial charge is 0.493 e. The molecule has 31 heteroatoms. The molecular formula is C95H86N14O16S. The number of aromatic nitrogens is 8. The molecule has 1 saturated heterocycles. The second-order valence-corrected chi connectivity index (χ2v) is 31.3. The first-order chi connectivity index (χ1) is 60.7. The maximum atomic E-state index is 12.2. The quantitative estimate of drug-likeness (QED) is 0.0248. The molecule has 9 heterocycles. The summed E-state index contributed by atoms with van der Waals surface area (Å²) in [6.45, 7) is 4.92. The van der Waals surface area contributed by atoms with Crippen LogP contribution in [0.2, 0.25) is 0 Å². The first-order valence-electron chi connectivity index (χ1n) is 38.8. The van der Waals surface area contributed by atoms with E-state index >= 15 is 0 Å². The first kappa shape index (κ1) is 87.6. The number of fused-ring (bicyclic) bond motifs is 4. The highest BCUT2D eigenvalue weighted by Gasteiger charge is 2.46. The van der Waals surface area contributed by atoms with E-state index in [1.807, 2.05) is 158 Å². The van der Waals surface area contributed by atoms with Crippen molar-refractivity contribution in [1.82, 2.24) is 50.1 Å². The number of nitrogens with one attached hydrogen (secondary N) is 2. The number of carbonyl (C=O) groups excluding carboxylic acids is 6. The summed E-state index contributed by atoms with van der Waals surface area (Å²) >= 11 is 0. The zero-order valence-corrected chi connectivity index (χ0v) is 70.7. The monoisotopic (exact) mass is 1710 g/mol. The van der Waals surface area contributed by atoms with E-state index in [1.165, 1.54) is 11.8 Å². The fourth-order valence-corrected chi connectivity index (χ4v) is 14.3. The highest BCUT2D eigenvalue weighted by atomic mass is 32.2. The summed E-state index contributed by atoms with van der Waals surface area (Å²) in [5, 5.41) is 8.26. The standard InChI is InChI=1S/C24H25N3O6.C24H21N3O4.C24H21N3O3S.C23H19N5O3/c1-24(2)22(28)26-23(29)27(24)13-33-18-10-14(9-17-16(18)7-6-8-25-17)15-11-19(30-3)21(32-5)20(12-15)31-4;1-29-21-8-7-15(12-23(21)30-2)16-11-19-17(5-3-9-26-19)22(13-16)31-14-20-18(24(25)28)6-4-10-27-20;1-31(2,29)18-9-7-16(8-10-18)17-13-21-19(5-3-11-26-21)23(14-17)30-15-22-20(24(25)28)6-4-12-27-22;1-14(29)28-22-7-6-15(12-27-22)16-10-19-17(4-2-8-25-19)21(11-16)31-13-20-18(23(24)30)5-3-9-26-20/h6-12H,13H2,1-5H3,(H,26,28,29);3-13H,14H2,1-2H3,(H2,25,28);3-14H,1,15H2,2H3,(H2,25,28);2-12H,13H2,1H3,(H2,24,30)(H,27,28,29). The lowest BCUT2D eigenvalue weighted by atomic mass is 10.0. The number of nitrogens with zero attached hydrogens (tertiary/aromatic N) is 9. The third-order valence-electron chi connectivity index (χ3n) is 20.1. The Bertz CT molecular complexity index is 6740. The van der Waals surface area contributed by atoms with Gasteiger partial charge in [0.15, 0.2) is 29.7 Å². The number of urea groups is 1. The van der Waals surface area contributed by atoms with Crippen molar-refractivity contribution in [2.45, 2.75) is 51.0 Å². The van der Waals surface area contributed by atoms with E-state index in [9.17, 15) is 33.0 Å². The molecule has 0 saturated carbocycles. The molecule has 0 spiro atoms. The fourth-order valence-electron chi connectivity index (χ4n) is 13.6. The minimum Gasteiger partial charge on any atom is -0.493 e. The van der Waals surface area contributed by atoms with Crippen LogP contribution in [0, 0.1) is 0 Å². The van der Waals surface area contributed by atoms with Crippen LogP contribution in [0.3, 0.4) is 0 Å². The summed E-state index contributed by atoms with van der Waals surface area (Å²) in [7, 11) is 5.58. The van der Waals surface area contributed by atoms with Crippen LogP contribution in [-0.2, 0) is 38.9 Å². The predicted molar refractivity (Wildman–Crippen MR) is 479 cm³/mol. The Balaban J connectivity index is 0.000000144. The Kier molecular flexibility index (Phi) is 27.2. The molecule has 8 aromatic heterocycles. The van der Waals surface area contributed by atoms with E-state index in [0.29, 0.717) is 102 Å². The van der Waals surface area contributed by atoms with Crippen LogP contribution in [0.25, 0.3) is 88.1 Å². The summed E-state index contributed by atoms with van der Waals surface area (Å²) in [6.07, 6.45) is 14.9. The Labute approximate surface area is 724 Å². The van der Waals surface area contributed by atoms with E-state index < -0.39 is 38.8 Å². The SMILES string of the molecule is C=S(C)(=O)c1ccc(-c2cc(OCc3ncccc3C(N)=O)c3cccnc3c2)cc1.CC(=O)Nc1ccc(-c2cc(OCc3ncccc3C(N)=O)c3cccnc3c2)cn1.COc1cc(-c2cc(OCN3C(=O)NC(=O)C3(C)C)c3cccnc3c2)cc(OC)c1OC.COc1ccc(-c2cc(OCc3ncccc3C(N)=O)c3cccnc3c2)cc1OC. The van der Waals surface area contributed by atoms with Crippen molar-refractivity contribution in [2.24, 2.45) is 17.2 Å². The minimum atomic E-state index is -2.28. The van der Waals surface area contributed by atoms with Crippen molar-refractivity contribution in [3.05, 3.63) is 284 Å². The summed E-state index contributed by atoms with van der Waals surface area (Å²) in [5.41, 5.74) is 27.7. The van der Waals surface area contributed by atoms with Gasteiger partial charge >= 0.3 is 6.03 Å². The molecule has 30 nitrogen and oxygen atoms in total. The maximum absolute atomic E-state index is 12.2. The van der Waals surface area contributed by atoms with Crippen LogP contribution in [0.5, 0.6) is 51.7 Å². The van der Waals surface area contributed by atoms with Crippen molar-refractivity contribution in [1.29, 1.82) is 0 Å². The average molecular weight is 1710 g/mol. The minimum absolute atomic E-state index is 0.0757. The number of hydrogen-bond donors (Lipinski definition) is 5. The molecule has 15 aromatic rings. The molecule has 126 heavy (non-hydrogen) atoms. The van der Waals surface area contributed by atoms with Crippen LogP contribution in [0.15, 0.2) is 255 Å². The Morgan fingerprint density at radius 2 is 0.762 bits per heavy atom. The van der Waals surface area contributed by atoms with E-state index in [4.69, 9.17) is 59.8 Å². The number of primary amides is 3. The number of anilines is 1. The summed E-state index contributed by atoms with van der Waals surface area (Å²) < 4.78 is 63.6. The number of carbonyl (C=O) groups is 6. The zero-order valence-electron chi connectivity index (χ0n) is 69.9. The molecule has 7 amide bonds. The van der Waals surface area contributed by atoms with Crippen LogP contribution >= 0.6 is 0 Å². The van der Waals surface area contributed by atoms with Gasteiger partial charge < -0.3 is 65.1 Å². The molecule has 1 fully saturated rings. The number of benzene rings is 7. The van der Waals surface area contributed by atoms with Gasteiger partial charge in [-0.3, -0.25) is 73.3 Å². The summed E-state index contributed by atoms with van der Waals surface area (Å²) in [6, 6.07) is 60.2. The molecule has 0 bridgehead atoms. The van der Waals surface area contributed by atoms with Crippen LogP contribution < -0.4 is 70.5 Å². The smallest absolute Gasteiger partial charge is 0.327 e. The number of nitrogens with two attached hydrogens (primary N) is 3. The number of rotatable bonds is 26. The average Bonchev–Trinajstić information content (AvgIpc) is 1.41. The van der Waals surface area contributed by atoms with Crippen LogP contribution in [0.4, 0.5) is 10.6 Å². The van der Waals surface area contributed by atoms with E-state index in [2.05, 4.69) is 56.4 Å². The molecule has 638 valence electrons. The van der Waals surface area contributed by atoms with Crippen molar-refractivity contribution in [2.75, 3.05) is 53.9 Å². The highest BCUT2D eigenvalue weighted by molar-refractivity contribution is 7.99. The Morgan fingerprint density at radius 3 is 1.13 bits per heavy atom. The second-order valence-electron chi connectivity index (χ2n) is 28.8. The molecule has 1 aliphatic heterocycles. The number of amides is 7. The molecular weight excluding hydrogens is 1630 g/mol. The topological polar surface area (TPSA) is 411 Å². The lowest BCUT2D eigenvalue weighted by Gasteiger charge is -2.27. The molecule has 7 aromatic carbocycles. The van der Waals surface area contributed by atoms with Gasteiger partial charge in [-0.25, -0.2) is 9.78 Å². The number of methoxy groups -OCH3 is 5. The lowest BCUT2D eigenvalue weighted by Crippen LogP contribution is -2.46. The van der Waals surface area contributed by atoms with Gasteiger partial charge in [0.05, 0.1) is 91.4 Å². The molecule has 0 aliphatic carbocycles. The van der Waals surface area contributed by atoms with Crippen molar-refractivity contribution < 1.29 is 75.6 Å². The second kappa shape index (κ2) is 39.1. The molecule has 1 atom stereocenters. The predicted octanol–water partition coefficient (Wildman–Crippen LogP) is 14.6. The fraction of sp³-hybridized carbons (Fsp3) is 0.147. The molecule has 1 aliphatic rings. The third-order valence-corrected chi connectivity index (χ3v) is 21.4. The lowest BCUT2D eigenvalue weighted by molar-refractivity contribution is -0.125. The van der Waals surface area contributed by atoms with Gasteiger partial charge in [-0.05, 0) is 250 Å². The third kappa shape index (κ3) is 20.4. The van der Waals surface area contributed by atoms with Crippen LogP contribution in [-0.4, -0.2) is 144 Å². The first-order valence-corrected chi connectivity index (χ1v) is 41.0. The van der Waals surface area contributed by atoms with Crippen molar-refractivity contribution in [3.8, 4) is 96.3 Å². The Hall–Kier alpha value is -16.2. The van der Waals surface area contributed by atoms with Crippen molar-refractivity contribution in [3.63, 3.8) is 0 Å². The normalized spacial score (nSPS) is 12.3. The molecule has 8 N–H and O–H groups in total. The highest BCUT2D eigenvalue weighted by Crippen LogP contribution is 2.44. The van der Waals surface area contributed by atoms with Gasteiger partial charge in [-0.15, -0.1) is 0 Å². The number of pyridine rings is 8. The Morgan fingerprint density at radius 1 is 0.413 bits per heavy atom. The molecule has 0 radical (unpaired) electrons. The van der Waals surface area contributed by atoms with Gasteiger partial charge in [0.25, 0.3) is 23.6 Å². The molecule has 16 rings (SSSR count).